The Morgan fingerprint density at radius 3 is 2.95 bits per heavy atom. The topological polar surface area (TPSA) is 41.9 Å². The molecule has 0 atom stereocenters. The van der Waals surface area contributed by atoms with Gasteiger partial charge in [0.25, 0.3) is 0 Å². The number of halogens is 2. The smallest absolute Gasteiger partial charge is 0.171 e. The van der Waals surface area contributed by atoms with E-state index >= 15 is 0 Å². The van der Waals surface area contributed by atoms with Crippen molar-refractivity contribution in [3.05, 3.63) is 46.9 Å². The number of aromatic nitrogens is 2. The fraction of sp³-hybridized carbons (Fsp3) is 0.286. The van der Waals surface area contributed by atoms with Gasteiger partial charge in [0, 0.05) is 29.4 Å². The van der Waals surface area contributed by atoms with Crippen molar-refractivity contribution < 1.29 is 4.39 Å². The highest BCUT2D eigenvalue weighted by Gasteiger charge is 2.09. The number of rotatable bonds is 5. The van der Waals surface area contributed by atoms with Gasteiger partial charge in [0.05, 0.1) is 6.54 Å². The maximum absolute atomic E-state index is 13.7. The van der Waals surface area contributed by atoms with Crippen molar-refractivity contribution in [1.82, 2.24) is 15.1 Å². The minimum absolute atomic E-state index is 0.266. The molecule has 1 aromatic heterocycles. The summed E-state index contributed by atoms with van der Waals surface area (Å²) in [6, 6.07) is 6.39. The number of nitrogens with zero attached hydrogens (tertiary/aromatic N) is 2. The van der Waals surface area contributed by atoms with Crippen molar-refractivity contribution in [2.45, 2.75) is 19.9 Å². The molecular formula is C14H16ClFN4S. The lowest BCUT2D eigenvalue weighted by Crippen LogP contribution is -2.29. The van der Waals surface area contributed by atoms with Crippen LogP contribution in [-0.2, 0) is 6.54 Å². The average molecular weight is 327 g/mol. The van der Waals surface area contributed by atoms with Gasteiger partial charge >= 0.3 is 0 Å². The van der Waals surface area contributed by atoms with Crippen molar-refractivity contribution in [3.8, 4) is 0 Å². The Morgan fingerprint density at radius 1 is 1.43 bits per heavy atom. The van der Waals surface area contributed by atoms with Gasteiger partial charge in [-0.1, -0.05) is 24.6 Å². The largest absolute Gasteiger partial charge is 0.362 e. The van der Waals surface area contributed by atoms with E-state index in [1.807, 2.05) is 0 Å². The Hall–Kier alpha value is -1.66. The quantitative estimate of drug-likeness (QED) is 0.826. The molecule has 0 aliphatic carbocycles. The second kappa shape index (κ2) is 7.38. The van der Waals surface area contributed by atoms with Crippen LogP contribution in [0.15, 0.2) is 30.5 Å². The van der Waals surface area contributed by atoms with Crippen molar-refractivity contribution >= 4 is 34.7 Å². The first-order valence-electron chi connectivity index (χ1n) is 6.61. The molecule has 112 valence electrons. The summed E-state index contributed by atoms with van der Waals surface area (Å²) < 4.78 is 15.3. The van der Waals surface area contributed by atoms with Crippen LogP contribution < -0.4 is 10.6 Å². The fourth-order valence-corrected chi connectivity index (χ4v) is 2.19. The van der Waals surface area contributed by atoms with Gasteiger partial charge < -0.3 is 10.6 Å². The van der Waals surface area contributed by atoms with E-state index in [2.05, 4.69) is 22.7 Å². The van der Waals surface area contributed by atoms with Crippen molar-refractivity contribution in [2.24, 2.45) is 0 Å². The van der Waals surface area contributed by atoms with Crippen LogP contribution in [0.25, 0.3) is 0 Å². The fourth-order valence-electron chi connectivity index (χ4n) is 1.76. The monoisotopic (exact) mass is 326 g/mol. The lowest BCUT2D eigenvalue weighted by molar-refractivity contribution is 0.586. The molecular weight excluding hydrogens is 311 g/mol. The van der Waals surface area contributed by atoms with Crippen molar-refractivity contribution in [3.63, 3.8) is 0 Å². The molecule has 0 bridgehead atoms. The van der Waals surface area contributed by atoms with Crippen LogP contribution in [0, 0.1) is 5.82 Å². The Labute approximate surface area is 133 Å². The van der Waals surface area contributed by atoms with E-state index in [9.17, 15) is 4.39 Å². The third-order valence-electron chi connectivity index (χ3n) is 2.80. The van der Waals surface area contributed by atoms with Crippen LogP contribution in [0.4, 0.5) is 10.2 Å². The highest BCUT2D eigenvalue weighted by atomic mass is 35.5. The zero-order chi connectivity index (χ0) is 15.2. The van der Waals surface area contributed by atoms with Gasteiger partial charge in [-0.25, -0.2) is 4.39 Å². The van der Waals surface area contributed by atoms with Crippen LogP contribution >= 0.6 is 23.8 Å². The van der Waals surface area contributed by atoms with E-state index in [0.29, 0.717) is 21.5 Å². The van der Waals surface area contributed by atoms with Gasteiger partial charge in [-0.15, -0.1) is 0 Å². The second-order valence-corrected chi connectivity index (χ2v) is 5.30. The molecule has 21 heavy (non-hydrogen) atoms. The summed E-state index contributed by atoms with van der Waals surface area (Å²) in [5.74, 6) is 0.267. The number of hydrogen-bond acceptors (Lipinski definition) is 2. The summed E-state index contributed by atoms with van der Waals surface area (Å²) in [5, 5.41) is 11.2. The van der Waals surface area contributed by atoms with E-state index in [4.69, 9.17) is 23.8 Å². The van der Waals surface area contributed by atoms with Gasteiger partial charge in [0.1, 0.15) is 5.82 Å². The lowest BCUT2D eigenvalue weighted by Gasteiger charge is -2.07. The number of thiocarbonyl (C=S) groups is 1. The van der Waals surface area contributed by atoms with E-state index in [1.165, 1.54) is 6.07 Å². The molecule has 0 radical (unpaired) electrons. The number of anilines is 1. The molecule has 0 saturated carbocycles. The minimum atomic E-state index is -0.340. The van der Waals surface area contributed by atoms with Crippen LogP contribution in [0.1, 0.15) is 18.9 Å². The Kier molecular flexibility index (Phi) is 5.52. The highest BCUT2D eigenvalue weighted by Crippen LogP contribution is 2.20. The van der Waals surface area contributed by atoms with E-state index < -0.39 is 0 Å². The van der Waals surface area contributed by atoms with Gasteiger partial charge in [-0.05, 0) is 30.8 Å². The molecule has 2 aromatic rings. The number of benzene rings is 1. The van der Waals surface area contributed by atoms with E-state index in [1.54, 1.807) is 29.1 Å². The van der Waals surface area contributed by atoms with E-state index in [-0.39, 0.29) is 12.4 Å². The van der Waals surface area contributed by atoms with Gasteiger partial charge in [0.2, 0.25) is 0 Å². The molecule has 0 fully saturated rings. The number of nitrogens with one attached hydrogen (secondary N) is 2. The maximum Gasteiger partial charge on any atom is 0.171 e. The standard InChI is InChI=1S/C14H16ClFN4S/c1-2-7-17-14(21)18-13-6-8-20(19-13)9-10-11(15)4-3-5-12(10)16/h3-6,8H,2,7,9H2,1H3,(H2,17,18,19,21). The van der Waals surface area contributed by atoms with Crippen LogP contribution in [0.3, 0.4) is 0 Å². The summed E-state index contributed by atoms with van der Waals surface area (Å²) in [6.45, 7) is 3.13. The molecule has 1 heterocycles. The molecule has 0 aliphatic rings. The minimum Gasteiger partial charge on any atom is -0.362 e. The predicted octanol–water partition coefficient (Wildman–Crippen LogP) is 3.42. The lowest BCUT2D eigenvalue weighted by atomic mass is 10.2. The maximum atomic E-state index is 13.7. The summed E-state index contributed by atoms with van der Waals surface area (Å²) in [7, 11) is 0. The molecule has 0 spiro atoms. The molecule has 7 heteroatoms. The molecule has 1 aromatic carbocycles. The molecule has 0 saturated heterocycles. The summed E-state index contributed by atoms with van der Waals surface area (Å²) >= 11 is 11.1. The van der Waals surface area contributed by atoms with Crippen LogP contribution in [-0.4, -0.2) is 21.4 Å². The zero-order valence-electron chi connectivity index (χ0n) is 11.6. The first-order chi connectivity index (χ1) is 10.1. The third kappa shape index (κ3) is 4.41. The normalized spacial score (nSPS) is 10.4. The Bertz CT molecular complexity index is 609. The summed E-state index contributed by atoms with van der Waals surface area (Å²) in [5.41, 5.74) is 0.417. The zero-order valence-corrected chi connectivity index (χ0v) is 13.1. The third-order valence-corrected chi connectivity index (χ3v) is 3.40. The second-order valence-electron chi connectivity index (χ2n) is 4.48. The van der Waals surface area contributed by atoms with Gasteiger partial charge in [-0.3, -0.25) is 4.68 Å². The number of hydrogen-bond donors (Lipinski definition) is 2. The predicted molar refractivity (Wildman–Crippen MR) is 87.3 cm³/mol. The Balaban J connectivity index is 2.02. The van der Waals surface area contributed by atoms with Crippen LogP contribution in [0.2, 0.25) is 5.02 Å². The van der Waals surface area contributed by atoms with E-state index in [0.717, 1.165) is 13.0 Å². The summed E-state index contributed by atoms with van der Waals surface area (Å²) in [6.07, 6.45) is 2.73. The van der Waals surface area contributed by atoms with Crippen molar-refractivity contribution in [1.29, 1.82) is 0 Å². The summed E-state index contributed by atoms with van der Waals surface area (Å²) in [4.78, 5) is 0. The van der Waals surface area contributed by atoms with Crippen molar-refractivity contribution in [2.75, 3.05) is 11.9 Å². The average Bonchev–Trinajstić information content (AvgIpc) is 2.88. The van der Waals surface area contributed by atoms with Gasteiger partial charge in [-0.2, -0.15) is 5.10 Å². The first kappa shape index (κ1) is 15.7. The molecule has 0 aliphatic heterocycles. The molecule has 4 nitrogen and oxygen atoms in total. The molecule has 2 rings (SSSR count). The molecule has 0 amide bonds. The molecule has 0 unspecified atom stereocenters. The highest BCUT2D eigenvalue weighted by molar-refractivity contribution is 7.80. The first-order valence-corrected chi connectivity index (χ1v) is 7.40. The Morgan fingerprint density at radius 2 is 2.24 bits per heavy atom. The molecule has 2 N–H and O–H groups in total. The van der Waals surface area contributed by atoms with Crippen LogP contribution in [0.5, 0.6) is 0 Å². The van der Waals surface area contributed by atoms with Gasteiger partial charge in [0.15, 0.2) is 10.9 Å². The SMILES string of the molecule is CCCNC(=S)Nc1ccn(Cc2c(F)cccc2Cl)n1.